The third-order valence-electron chi connectivity index (χ3n) is 3.84. The highest BCUT2D eigenvalue weighted by Gasteiger charge is 2.21. The Morgan fingerprint density at radius 3 is 2.50 bits per heavy atom. The van der Waals surface area contributed by atoms with E-state index in [1.807, 2.05) is 12.1 Å². The first-order valence-corrected chi connectivity index (χ1v) is 8.61. The van der Waals surface area contributed by atoms with E-state index in [1.165, 1.54) is 24.8 Å². The third kappa shape index (κ3) is 5.17. The Morgan fingerprint density at radius 1 is 1.20 bits per heavy atom. The Labute approximate surface area is 131 Å². The summed E-state index contributed by atoms with van der Waals surface area (Å²) in [6, 6.07) is 5.73. The molecule has 0 aliphatic carbocycles. The molecule has 0 amide bonds. The fraction of sp³-hybridized carbons (Fsp3) is 0.647. The van der Waals surface area contributed by atoms with Crippen LogP contribution in [0.25, 0.3) is 0 Å². The van der Waals surface area contributed by atoms with Crippen LogP contribution >= 0.6 is 15.9 Å². The van der Waals surface area contributed by atoms with Crippen molar-refractivity contribution in [2.45, 2.75) is 58.9 Å². The van der Waals surface area contributed by atoms with Gasteiger partial charge < -0.3 is 5.32 Å². The predicted molar refractivity (Wildman–Crippen MR) is 88.4 cm³/mol. The Bertz CT molecular complexity index is 395. The van der Waals surface area contributed by atoms with Crippen LogP contribution in [0.5, 0.6) is 0 Å². The normalized spacial score (nSPS) is 14.2. The minimum atomic E-state index is -0.190. The highest BCUT2D eigenvalue weighted by molar-refractivity contribution is 9.10. The molecule has 3 heteroatoms. The molecule has 2 unspecified atom stereocenters. The van der Waals surface area contributed by atoms with Crippen LogP contribution in [-0.4, -0.2) is 6.54 Å². The van der Waals surface area contributed by atoms with Crippen LogP contribution < -0.4 is 5.32 Å². The van der Waals surface area contributed by atoms with Crippen LogP contribution in [0.4, 0.5) is 4.39 Å². The first kappa shape index (κ1) is 17.6. The first-order valence-electron chi connectivity index (χ1n) is 7.82. The van der Waals surface area contributed by atoms with Crippen molar-refractivity contribution < 1.29 is 4.39 Å². The Balaban J connectivity index is 2.93. The molecule has 2 atom stereocenters. The van der Waals surface area contributed by atoms with Crippen molar-refractivity contribution in [1.82, 2.24) is 5.32 Å². The van der Waals surface area contributed by atoms with Gasteiger partial charge in [-0.05, 0) is 58.9 Å². The second kappa shape index (κ2) is 9.51. The number of rotatable bonds is 9. The lowest BCUT2D eigenvalue weighted by molar-refractivity contribution is 0.323. The van der Waals surface area contributed by atoms with Gasteiger partial charge in [0.2, 0.25) is 0 Å². The fourth-order valence-electron chi connectivity index (χ4n) is 2.64. The van der Waals surface area contributed by atoms with Gasteiger partial charge in [0.15, 0.2) is 0 Å². The molecule has 0 aliphatic heterocycles. The van der Waals surface area contributed by atoms with Crippen LogP contribution in [0.2, 0.25) is 0 Å². The van der Waals surface area contributed by atoms with E-state index in [0.29, 0.717) is 16.4 Å². The van der Waals surface area contributed by atoms with E-state index < -0.39 is 0 Å². The van der Waals surface area contributed by atoms with Gasteiger partial charge in [-0.15, -0.1) is 0 Å². The lowest BCUT2D eigenvalue weighted by Crippen LogP contribution is -2.29. The molecule has 1 aromatic carbocycles. The molecule has 0 fully saturated rings. The number of nitrogens with one attached hydrogen (secondary N) is 1. The van der Waals surface area contributed by atoms with Crippen molar-refractivity contribution in [3.8, 4) is 0 Å². The average molecular weight is 344 g/mol. The van der Waals surface area contributed by atoms with E-state index in [9.17, 15) is 4.39 Å². The van der Waals surface area contributed by atoms with E-state index in [2.05, 4.69) is 42.0 Å². The van der Waals surface area contributed by atoms with Gasteiger partial charge in [0.25, 0.3) is 0 Å². The van der Waals surface area contributed by atoms with E-state index in [-0.39, 0.29) is 5.82 Å². The van der Waals surface area contributed by atoms with E-state index >= 15 is 0 Å². The maximum absolute atomic E-state index is 13.4. The third-order valence-corrected chi connectivity index (χ3v) is 4.45. The summed E-state index contributed by atoms with van der Waals surface area (Å²) in [6.45, 7) is 7.66. The number of benzene rings is 1. The molecular weight excluding hydrogens is 317 g/mol. The van der Waals surface area contributed by atoms with Crippen LogP contribution in [0.15, 0.2) is 22.7 Å². The lowest BCUT2D eigenvalue weighted by atomic mass is 9.87. The standard InChI is InChI=1S/C17H27BrFN/c1-4-7-8-13(6-3)17(20-11-5-2)14-9-10-16(19)15(18)12-14/h9-10,12-13,17,20H,4-8,11H2,1-3H3. The molecule has 0 aromatic heterocycles. The molecule has 1 nitrogen and oxygen atoms in total. The quantitative estimate of drug-likeness (QED) is 0.593. The van der Waals surface area contributed by atoms with E-state index in [4.69, 9.17) is 0 Å². The molecule has 0 saturated carbocycles. The maximum atomic E-state index is 13.4. The molecule has 0 spiro atoms. The van der Waals surface area contributed by atoms with Crippen molar-refractivity contribution in [1.29, 1.82) is 0 Å². The van der Waals surface area contributed by atoms with E-state index in [0.717, 1.165) is 19.4 Å². The maximum Gasteiger partial charge on any atom is 0.137 e. The SMILES string of the molecule is CCCCC(CC)C(NCCC)c1ccc(F)c(Br)c1. The Morgan fingerprint density at radius 2 is 1.95 bits per heavy atom. The zero-order valence-electron chi connectivity index (χ0n) is 12.9. The highest BCUT2D eigenvalue weighted by Crippen LogP contribution is 2.31. The summed E-state index contributed by atoms with van der Waals surface area (Å²) in [5.41, 5.74) is 1.19. The van der Waals surface area contributed by atoms with E-state index in [1.54, 1.807) is 6.07 Å². The zero-order chi connectivity index (χ0) is 15.0. The minimum absolute atomic E-state index is 0.190. The van der Waals surface area contributed by atoms with Crippen LogP contribution in [0.1, 0.15) is 64.5 Å². The molecule has 1 aromatic rings. The van der Waals surface area contributed by atoms with Crippen molar-refractivity contribution in [3.63, 3.8) is 0 Å². The average Bonchev–Trinajstić information content (AvgIpc) is 2.45. The second-order valence-corrected chi connectivity index (χ2v) is 6.27. The van der Waals surface area contributed by atoms with Gasteiger partial charge in [-0.1, -0.05) is 46.1 Å². The molecule has 20 heavy (non-hydrogen) atoms. The van der Waals surface area contributed by atoms with Crippen LogP contribution in [-0.2, 0) is 0 Å². The van der Waals surface area contributed by atoms with Crippen molar-refractivity contribution in [3.05, 3.63) is 34.1 Å². The number of hydrogen-bond donors (Lipinski definition) is 1. The summed E-state index contributed by atoms with van der Waals surface area (Å²) in [5, 5.41) is 3.65. The fourth-order valence-corrected chi connectivity index (χ4v) is 3.03. The predicted octanol–water partition coefficient (Wildman–Crippen LogP) is 5.85. The van der Waals surface area contributed by atoms with Crippen LogP contribution in [0.3, 0.4) is 0 Å². The van der Waals surface area contributed by atoms with Gasteiger partial charge in [-0.3, -0.25) is 0 Å². The minimum Gasteiger partial charge on any atom is -0.310 e. The summed E-state index contributed by atoms with van der Waals surface area (Å²) in [7, 11) is 0. The zero-order valence-corrected chi connectivity index (χ0v) is 14.5. The number of halogens is 2. The smallest absolute Gasteiger partial charge is 0.137 e. The van der Waals surface area contributed by atoms with Crippen molar-refractivity contribution in [2.24, 2.45) is 5.92 Å². The molecule has 1 N–H and O–H groups in total. The summed E-state index contributed by atoms with van der Waals surface area (Å²) < 4.78 is 14.0. The second-order valence-electron chi connectivity index (χ2n) is 5.42. The monoisotopic (exact) mass is 343 g/mol. The summed E-state index contributed by atoms with van der Waals surface area (Å²) in [6.07, 6.45) is 5.97. The first-order chi connectivity index (χ1) is 9.63. The summed E-state index contributed by atoms with van der Waals surface area (Å²) in [4.78, 5) is 0. The van der Waals surface area contributed by atoms with Gasteiger partial charge in [-0.2, -0.15) is 0 Å². The van der Waals surface area contributed by atoms with Gasteiger partial charge >= 0.3 is 0 Å². The number of unbranched alkanes of at least 4 members (excludes halogenated alkanes) is 1. The van der Waals surface area contributed by atoms with Gasteiger partial charge in [0, 0.05) is 6.04 Å². The van der Waals surface area contributed by atoms with Gasteiger partial charge in [-0.25, -0.2) is 4.39 Å². The largest absolute Gasteiger partial charge is 0.310 e. The molecule has 0 heterocycles. The van der Waals surface area contributed by atoms with Crippen LogP contribution in [0, 0.1) is 11.7 Å². The lowest BCUT2D eigenvalue weighted by Gasteiger charge is -2.28. The topological polar surface area (TPSA) is 12.0 Å². The molecule has 0 aliphatic rings. The molecule has 0 saturated heterocycles. The Kier molecular flexibility index (Phi) is 8.39. The molecule has 0 radical (unpaired) electrons. The van der Waals surface area contributed by atoms with Gasteiger partial charge in [0.05, 0.1) is 4.47 Å². The molecule has 114 valence electrons. The number of hydrogen-bond acceptors (Lipinski definition) is 1. The highest BCUT2D eigenvalue weighted by atomic mass is 79.9. The summed E-state index contributed by atoms with van der Waals surface area (Å²) >= 11 is 3.30. The van der Waals surface area contributed by atoms with Crippen molar-refractivity contribution in [2.75, 3.05) is 6.54 Å². The Hall–Kier alpha value is -0.410. The molecular formula is C17H27BrFN. The molecule has 0 bridgehead atoms. The molecule has 1 rings (SSSR count). The van der Waals surface area contributed by atoms with Gasteiger partial charge in [0.1, 0.15) is 5.82 Å². The summed E-state index contributed by atoms with van der Waals surface area (Å²) in [5.74, 6) is 0.420. The van der Waals surface area contributed by atoms with Crippen molar-refractivity contribution >= 4 is 15.9 Å².